The smallest absolute Gasteiger partial charge is 0.186 e. The van der Waals surface area contributed by atoms with Gasteiger partial charge in [-0.1, -0.05) is 101 Å². The molecule has 210 valence electrons. The molecular weight excluding hydrogens is 504 g/mol. The lowest BCUT2D eigenvalue weighted by Gasteiger charge is -2.30. The Kier molecular flexibility index (Phi) is 10.6. The van der Waals surface area contributed by atoms with E-state index in [1.165, 1.54) is 37.8 Å². The van der Waals surface area contributed by atoms with Gasteiger partial charge >= 0.3 is 0 Å². The first-order valence-corrected chi connectivity index (χ1v) is 14.2. The van der Waals surface area contributed by atoms with Gasteiger partial charge in [0.2, 0.25) is 0 Å². The Labute approximate surface area is 229 Å². The minimum Gasteiger partial charge on any atom is -0.348 e. The summed E-state index contributed by atoms with van der Waals surface area (Å²) in [6.07, 6.45) is 8.20. The van der Waals surface area contributed by atoms with Gasteiger partial charge in [-0.2, -0.15) is 0 Å². The zero-order chi connectivity index (χ0) is 27.8. The van der Waals surface area contributed by atoms with Crippen molar-refractivity contribution < 1.29 is 27.0 Å². The molecule has 1 aliphatic rings. The van der Waals surface area contributed by atoms with E-state index >= 15 is 8.78 Å². The number of halogens is 4. The molecule has 0 atom stereocenters. The van der Waals surface area contributed by atoms with Crippen molar-refractivity contribution >= 4 is 0 Å². The fourth-order valence-corrected chi connectivity index (χ4v) is 5.10. The molecule has 0 N–H and O–H groups in total. The topological polar surface area (TPSA) is 18.5 Å². The number of unbranched alkanes of at least 4 members (excludes halogenated alkanes) is 5. The summed E-state index contributed by atoms with van der Waals surface area (Å²) in [5.41, 5.74) is 1.48. The largest absolute Gasteiger partial charge is 0.348 e. The van der Waals surface area contributed by atoms with Crippen molar-refractivity contribution in [1.82, 2.24) is 0 Å². The molecule has 0 aliphatic carbocycles. The lowest BCUT2D eigenvalue weighted by atomic mass is 9.96. The van der Waals surface area contributed by atoms with Gasteiger partial charge in [-0.25, -0.2) is 17.6 Å². The molecule has 0 radical (unpaired) electrons. The van der Waals surface area contributed by atoms with Crippen LogP contribution in [0.3, 0.4) is 0 Å². The van der Waals surface area contributed by atoms with E-state index in [1.54, 1.807) is 36.4 Å². The molecule has 1 fully saturated rings. The first-order valence-electron chi connectivity index (χ1n) is 14.2. The van der Waals surface area contributed by atoms with Gasteiger partial charge in [-0.3, -0.25) is 0 Å². The number of aryl methyl sites for hydroxylation is 1. The molecule has 0 amide bonds. The standard InChI is InChI=1S/C33H38F4O2/c1-3-5-7-8-9-10-22-20-38-33(39-21-22)28-19-18-27(31(36)32(28)37)24-14-12-23(13-15-24)26-17-16-25(11-6-4-2)29(34)30(26)35/h12-19,22,33H,3-11,20-21H2,1-2H3. The monoisotopic (exact) mass is 542 g/mol. The van der Waals surface area contributed by atoms with Crippen LogP contribution in [0.1, 0.15) is 82.6 Å². The second kappa shape index (κ2) is 14.1. The van der Waals surface area contributed by atoms with Gasteiger partial charge < -0.3 is 9.47 Å². The van der Waals surface area contributed by atoms with Crippen LogP contribution in [0.4, 0.5) is 17.6 Å². The van der Waals surface area contributed by atoms with Gasteiger partial charge in [-0.15, -0.1) is 0 Å². The normalized spacial score (nSPS) is 17.5. The van der Waals surface area contributed by atoms with Crippen LogP contribution < -0.4 is 0 Å². The second-order valence-corrected chi connectivity index (χ2v) is 10.5. The molecular formula is C33H38F4O2. The Morgan fingerprint density at radius 3 is 1.79 bits per heavy atom. The summed E-state index contributed by atoms with van der Waals surface area (Å²) in [7, 11) is 0. The molecule has 4 rings (SSSR count). The van der Waals surface area contributed by atoms with Crippen LogP contribution in [0.15, 0.2) is 48.5 Å². The highest BCUT2D eigenvalue weighted by atomic mass is 19.2. The van der Waals surface area contributed by atoms with Gasteiger partial charge in [0, 0.05) is 22.6 Å². The first-order chi connectivity index (χ1) is 18.9. The Bertz CT molecular complexity index is 1220. The summed E-state index contributed by atoms with van der Waals surface area (Å²) in [6, 6.07) is 12.5. The first kappa shape index (κ1) is 29.3. The molecule has 3 aromatic carbocycles. The molecule has 6 heteroatoms. The molecule has 0 bridgehead atoms. The zero-order valence-corrected chi connectivity index (χ0v) is 22.9. The fourth-order valence-electron chi connectivity index (χ4n) is 5.10. The van der Waals surface area contributed by atoms with Gasteiger partial charge in [0.25, 0.3) is 0 Å². The van der Waals surface area contributed by atoms with Crippen molar-refractivity contribution in [2.24, 2.45) is 5.92 Å². The van der Waals surface area contributed by atoms with Gasteiger partial charge in [0.1, 0.15) is 0 Å². The fraction of sp³-hybridized carbons (Fsp3) is 0.455. The third-order valence-corrected chi connectivity index (χ3v) is 7.52. The van der Waals surface area contributed by atoms with E-state index in [2.05, 4.69) is 6.92 Å². The van der Waals surface area contributed by atoms with Crippen molar-refractivity contribution in [3.05, 3.63) is 82.9 Å². The van der Waals surface area contributed by atoms with Crippen molar-refractivity contribution in [3.63, 3.8) is 0 Å². The molecule has 1 saturated heterocycles. The third-order valence-electron chi connectivity index (χ3n) is 7.52. The molecule has 0 aromatic heterocycles. The van der Waals surface area contributed by atoms with E-state index in [0.29, 0.717) is 36.3 Å². The number of hydrogen-bond acceptors (Lipinski definition) is 2. The van der Waals surface area contributed by atoms with Crippen LogP contribution in [0.25, 0.3) is 22.3 Å². The van der Waals surface area contributed by atoms with E-state index in [1.807, 2.05) is 6.92 Å². The molecule has 3 aromatic rings. The number of ether oxygens (including phenoxy) is 2. The maximum atomic E-state index is 15.1. The Hall–Kier alpha value is -2.70. The van der Waals surface area contributed by atoms with Crippen molar-refractivity contribution in [3.8, 4) is 22.3 Å². The highest BCUT2D eigenvalue weighted by molar-refractivity contribution is 5.71. The zero-order valence-electron chi connectivity index (χ0n) is 22.9. The molecule has 0 spiro atoms. The minimum absolute atomic E-state index is 0.0370. The number of benzene rings is 3. The van der Waals surface area contributed by atoms with E-state index in [0.717, 1.165) is 25.7 Å². The van der Waals surface area contributed by atoms with Crippen LogP contribution in [0.5, 0.6) is 0 Å². The average molecular weight is 543 g/mol. The summed E-state index contributed by atoms with van der Waals surface area (Å²) in [4.78, 5) is 0. The minimum atomic E-state index is -1.00. The van der Waals surface area contributed by atoms with Crippen molar-refractivity contribution in [1.29, 1.82) is 0 Å². The van der Waals surface area contributed by atoms with E-state index in [4.69, 9.17) is 9.47 Å². The lowest BCUT2D eigenvalue weighted by molar-refractivity contribution is -0.207. The molecule has 0 unspecified atom stereocenters. The summed E-state index contributed by atoms with van der Waals surface area (Å²) in [5.74, 6) is -3.47. The van der Waals surface area contributed by atoms with Gasteiger partial charge in [-0.05, 0) is 36.0 Å². The summed E-state index contributed by atoms with van der Waals surface area (Å²) < 4.78 is 71.0. The van der Waals surface area contributed by atoms with Crippen LogP contribution in [-0.2, 0) is 15.9 Å². The van der Waals surface area contributed by atoms with E-state index in [-0.39, 0.29) is 22.6 Å². The van der Waals surface area contributed by atoms with Gasteiger partial charge in [0.05, 0.1) is 13.2 Å². The molecule has 0 saturated carbocycles. The van der Waals surface area contributed by atoms with E-state index in [9.17, 15) is 8.78 Å². The number of hydrogen-bond donors (Lipinski definition) is 0. The quantitative estimate of drug-likeness (QED) is 0.167. The Morgan fingerprint density at radius 1 is 0.615 bits per heavy atom. The molecule has 39 heavy (non-hydrogen) atoms. The summed E-state index contributed by atoms with van der Waals surface area (Å²) in [6.45, 7) is 5.10. The highest BCUT2D eigenvalue weighted by Crippen LogP contribution is 2.35. The maximum Gasteiger partial charge on any atom is 0.186 e. The highest BCUT2D eigenvalue weighted by Gasteiger charge is 2.28. The number of rotatable bonds is 12. The van der Waals surface area contributed by atoms with Crippen molar-refractivity contribution in [2.45, 2.75) is 77.9 Å². The second-order valence-electron chi connectivity index (χ2n) is 10.5. The van der Waals surface area contributed by atoms with Crippen LogP contribution in [-0.4, -0.2) is 13.2 Å². The molecule has 1 heterocycles. The predicted molar refractivity (Wildman–Crippen MR) is 147 cm³/mol. The average Bonchev–Trinajstić information content (AvgIpc) is 2.96. The molecule has 1 aliphatic heterocycles. The SMILES string of the molecule is CCCCCCCC1COC(c2ccc(-c3ccc(-c4ccc(CCCC)c(F)c4F)cc3)c(F)c2F)OC1. The van der Waals surface area contributed by atoms with Crippen LogP contribution in [0, 0.1) is 29.2 Å². The Balaban J connectivity index is 1.42. The summed E-state index contributed by atoms with van der Waals surface area (Å²) >= 11 is 0. The van der Waals surface area contributed by atoms with E-state index < -0.39 is 29.6 Å². The Morgan fingerprint density at radius 2 is 1.18 bits per heavy atom. The van der Waals surface area contributed by atoms with Gasteiger partial charge in [0.15, 0.2) is 29.6 Å². The molecule has 2 nitrogen and oxygen atoms in total. The maximum absolute atomic E-state index is 15.1. The third kappa shape index (κ3) is 7.09. The van der Waals surface area contributed by atoms with Crippen molar-refractivity contribution in [2.75, 3.05) is 13.2 Å². The van der Waals surface area contributed by atoms with Crippen LogP contribution in [0.2, 0.25) is 0 Å². The predicted octanol–water partition coefficient (Wildman–Crippen LogP) is 9.94. The summed E-state index contributed by atoms with van der Waals surface area (Å²) in [5, 5.41) is 0. The lowest BCUT2D eigenvalue weighted by Crippen LogP contribution is -2.27. The van der Waals surface area contributed by atoms with Crippen LogP contribution >= 0.6 is 0 Å².